The van der Waals surface area contributed by atoms with Crippen molar-refractivity contribution in [2.45, 2.75) is 30.2 Å². The summed E-state index contributed by atoms with van der Waals surface area (Å²) in [6.45, 7) is 0. The summed E-state index contributed by atoms with van der Waals surface area (Å²) in [6.07, 6.45) is 2.98. The molecule has 0 heterocycles. The predicted molar refractivity (Wildman–Crippen MR) is 94.6 cm³/mol. The molecule has 1 aliphatic rings. The maximum absolute atomic E-state index is 13.2. The summed E-state index contributed by atoms with van der Waals surface area (Å²) in [5, 5.41) is 19.6. The molecule has 7 nitrogen and oxygen atoms in total. The average molecular weight is 379 g/mol. The van der Waals surface area contributed by atoms with Crippen LogP contribution in [0.3, 0.4) is 0 Å². The number of halogens is 1. The van der Waals surface area contributed by atoms with Crippen LogP contribution < -0.4 is 10.5 Å². The van der Waals surface area contributed by atoms with Crippen LogP contribution in [0.5, 0.6) is 0 Å². The summed E-state index contributed by atoms with van der Waals surface area (Å²) in [7, 11) is -4.04. The van der Waals surface area contributed by atoms with Crippen LogP contribution in [0, 0.1) is 21.8 Å². The van der Waals surface area contributed by atoms with E-state index in [1.165, 1.54) is 24.3 Å². The normalized spacial score (nSPS) is 15.9. The Bertz CT molecular complexity index is 928. The third-order valence-corrected chi connectivity index (χ3v) is 5.57. The van der Waals surface area contributed by atoms with Gasteiger partial charge in [-0.05, 0) is 48.6 Å². The van der Waals surface area contributed by atoms with Crippen molar-refractivity contribution in [2.24, 2.45) is 11.1 Å². The Morgan fingerprint density at radius 1 is 1.19 bits per heavy atom. The molecule has 1 unspecified atom stereocenters. The lowest BCUT2D eigenvalue weighted by Crippen LogP contribution is -2.26. The lowest BCUT2D eigenvalue weighted by atomic mass is 9.77. The Hall–Kier alpha value is -2.52. The van der Waals surface area contributed by atoms with Crippen LogP contribution in [0.2, 0.25) is 0 Å². The first kappa shape index (κ1) is 18.3. The molecule has 1 atom stereocenters. The Morgan fingerprint density at radius 2 is 1.85 bits per heavy atom. The first-order chi connectivity index (χ1) is 12.3. The smallest absolute Gasteiger partial charge is 0.293 e. The van der Waals surface area contributed by atoms with E-state index < -0.39 is 14.9 Å². The van der Waals surface area contributed by atoms with Crippen LogP contribution >= 0.6 is 0 Å². The Balaban J connectivity index is 1.98. The number of primary sulfonamides is 1. The molecule has 0 aromatic heterocycles. The molecule has 3 N–H and O–H groups in total. The third kappa shape index (κ3) is 3.83. The summed E-state index contributed by atoms with van der Waals surface area (Å²) in [6, 6.07) is 9.28. The fourth-order valence-electron chi connectivity index (χ4n) is 3.05. The Labute approximate surface area is 150 Å². The van der Waals surface area contributed by atoms with E-state index in [-0.39, 0.29) is 34.0 Å². The lowest BCUT2D eigenvalue weighted by Gasteiger charge is -2.35. The van der Waals surface area contributed by atoms with Gasteiger partial charge < -0.3 is 5.32 Å². The van der Waals surface area contributed by atoms with Crippen LogP contribution in [0.25, 0.3) is 0 Å². The van der Waals surface area contributed by atoms with Gasteiger partial charge in [0.25, 0.3) is 5.69 Å². The van der Waals surface area contributed by atoms with Gasteiger partial charge in [-0.15, -0.1) is 0 Å². The average Bonchev–Trinajstić information content (AvgIpc) is 2.52. The molecule has 0 saturated heterocycles. The van der Waals surface area contributed by atoms with Gasteiger partial charge >= 0.3 is 0 Å². The van der Waals surface area contributed by atoms with Gasteiger partial charge in [-0.1, -0.05) is 18.6 Å². The molecule has 0 radical (unpaired) electrons. The molecule has 1 saturated carbocycles. The minimum Gasteiger partial charge on any atom is -0.372 e. The molecule has 138 valence electrons. The highest BCUT2D eigenvalue weighted by atomic mass is 32.2. The summed E-state index contributed by atoms with van der Waals surface area (Å²) < 4.78 is 36.1. The van der Waals surface area contributed by atoms with E-state index in [4.69, 9.17) is 5.14 Å². The minimum atomic E-state index is -4.04. The predicted octanol–water partition coefficient (Wildman–Crippen LogP) is 3.33. The Kier molecular flexibility index (Phi) is 4.92. The number of sulfonamides is 1. The van der Waals surface area contributed by atoms with Crippen molar-refractivity contribution in [3.63, 3.8) is 0 Å². The number of anilines is 1. The van der Waals surface area contributed by atoms with Crippen LogP contribution in [0.1, 0.15) is 30.9 Å². The van der Waals surface area contributed by atoms with Gasteiger partial charge in [0.15, 0.2) is 0 Å². The maximum atomic E-state index is 13.2. The van der Waals surface area contributed by atoms with E-state index in [0.29, 0.717) is 0 Å². The molecular weight excluding hydrogens is 361 g/mol. The van der Waals surface area contributed by atoms with Crippen LogP contribution in [0.4, 0.5) is 15.8 Å². The molecule has 26 heavy (non-hydrogen) atoms. The zero-order valence-corrected chi connectivity index (χ0v) is 14.6. The number of hydrogen-bond donors (Lipinski definition) is 2. The van der Waals surface area contributed by atoms with Crippen LogP contribution in [-0.2, 0) is 10.0 Å². The topological polar surface area (TPSA) is 115 Å². The molecule has 9 heteroatoms. The zero-order valence-electron chi connectivity index (χ0n) is 13.8. The molecular formula is C17H18FN3O4S. The van der Waals surface area contributed by atoms with Gasteiger partial charge in [-0.25, -0.2) is 17.9 Å². The number of nitro groups is 1. The number of hydrogen-bond acceptors (Lipinski definition) is 5. The molecule has 0 bridgehead atoms. The van der Waals surface area contributed by atoms with E-state index >= 15 is 0 Å². The minimum absolute atomic E-state index is 0.198. The summed E-state index contributed by atoms with van der Waals surface area (Å²) in [5.41, 5.74) is 0.646. The van der Waals surface area contributed by atoms with E-state index in [1.807, 2.05) is 0 Å². The zero-order chi connectivity index (χ0) is 18.9. The second-order valence-electron chi connectivity index (χ2n) is 6.35. The fourth-order valence-corrected chi connectivity index (χ4v) is 3.58. The number of benzene rings is 2. The van der Waals surface area contributed by atoms with Crippen molar-refractivity contribution in [1.82, 2.24) is 0 Å². The van der Waals surface area contributed by atoms with Gasteiger partial charge in [0.1, 0.15) is 11.5 Å². The van der Waals surface area contributed by atoms with Gasteiger partial charge in [0.05, 0.1) is 15.9 Å². The highest BCUT2D eigenvalue weighted by molar-refractivity contribution is 7.89. The number of nitrogens with two attached hydrogens (primary N) is 1. The van der Waals surface area contributed by atoms with Crippen molar-refractivity contribution in [3.05, 3.63) is 64.0 Å². The van der Waals surface area contributed by atoms with Gasteiger partial charge in [0, 0.05) is 6.07 Å². The molecule has 2 aromatic rings. The van der Waals surface area contributed by atoms with Gasteiger partial charge in [0.2, 0.25) is 10.0 Å². The maximum Gasteiger partial charge on any atom is 0.293 e. The highest BCUT2D eigenvalue weighted by Crippen LogP contribution is 2.41. The third-order valence-electron chi connectivity index (χ3n) is 4.66. The Morgan fingerprint density at radius 3 is 2.35 bits per heavy atom. The molecule has 0 amide bonds. The first-order valence-corrected chi connectivity index (χ1v) is 9.63. The summed E-state index contributed by atoms with van der Waals surface area (Å²) >= 11 is 0. The highest BCUT2D eigenvalue weighted by Gasteiger charge is 2.30. The molecule has 1 aliphatic carbocycles. The van der Waals surface area contributed by atoms with Gasteiger partial charge in [-0.3, -0.25) is 10.1 Å². The fraction of sp³-hybridized carbons (Fsp3) is 0.294. The second kappa shape index (κ2) is 7.00. The number of nitrogens with zero attached hydrogens (tertiary/aromatic N) is 1. The van der Waals surface area contributed by atoms with E-state index in [1.54, 1.807) is 12.1 Å². The summed E-state index contributed by atoms with van der Waals surface area (Å²) in [4.78, 5) is 10.4. The first-order valence-electron chi connectivity index (χ1n) is 8.09. The van der Waals surface area contributed by atoms with Crippen LogP contribution in [0.15, 0.2) is 47.4 Å². The van der Waals surface area contributed by atoms with Crippen molar-refractivity contribution >= 4 is 21.4 Å². The van der Waals surface area contributed by atoms with Crippen molar-refractivity contribution in [3.8, 4) is 0 Å². The van der Waals surface area contributed by atoms with E-state index in [9.17, 15) is 22.9 Å². The summed E-state index contributed by atoms with van der Waals surface area (Å²) in [5.74, 6) is -0.0948. The van der Waals surface area contributed by atoms with Gasteiger partial charge in [-0.2, -0.15) is 0 Å². The molecule has 0 spiro atoms. The standard InChI is InChI=1S/C17H18FN3O4S/c18-13-6-4-12(5-7-13)17(11-2-1-3-11)20-15-9-8-14(26(19,24)25)10-16(15)21(22)23/h4-11,17,20H,1-3H2,(H2,19,24,25). The van der Waals surface area contributed by atoms with Crippen LogP contribution in [-0.4, -0.2) is 13.3 Å². The number of nitrogens with one attached hydrogen (secondary N) is 1. The van der Waals surface area contributed by atoms with E-state index in [0.717, 1.165) is 30.9 Å². The second-order valence-corrected chi connectivity index (χ2v) is 7.91. The molecule has 2 aromatic carbocycles. The van der Waals surface area contributed by atoms with E-state index in [2.05, 4.69) is 5.32 Å². The SMILES string of the molecule is NS(=O)(=O)c1ccc(NC(c2ccc(F)cc2)C2CCC2)c([N+](=O)[O-])c1. The number of nitro benzene ring substituents is 1. The van der Waals surface area contributed by atoms with Crippen molar-refractivity contribution in [2.75, 3.05) is 5.32 Å². The largest absolute Gasteiger partial charge is 0.372 e. The number of rotatable bonds is 6. The lowest BCUT2D eigenvalue weighted by molar-refractivity contribution is -0.384. The molecule has 1 fully saturated rings. The molecule has 0 aliphatic heterocycles. The quantitative estimate of drug-likeness (QED) is 0.590. The van der Waals surface area contributed by atoms with Crippen molar-refractivity contribution in [1.29, 1.82) is 0 Å². The van der Waals surface area contributed by atoms with Crippen molar-refractivity contribution < 1.29 is 17.7 Å². The molecule has 3 rings (SSSR count). The monoisotopic (exact) mass is 379 g/mol.